The second-order valence-electron chi connectivity index (χ2n) is 5.90. The number of ether oxygens (including phenoxy) is 1. The monoisotopic (exact) mass is 366 g/mol. The fraction of sp³-hybridized carbons (Fsp3) is 0.636. The van der Waals surface area contributed by atoms with Crippen molar-refractivity contribution in [2.75, 3.05) is 6.54 Å². The number of nitrogens with one attached hydrogen (secondary N) is 1. The molecule has 152 valence electrons. The largest absolute Gasteiger partial charge is 0.463 e. The Morgan fingerprint density at radius 2 is 1.54 bits per heavy atom. The maximum Gasteiger partial charge on any atom is 0.302 e. The third kappa shape index (κ3) is 22.3. The van der Waals surface area contributed by atoms with Gasteiger partial charge >= 0.3 is 5.97 Å². The van der Waals surface area contributed by atoms with Gasteiger partial charge in [-0.15, -0.1) is 0 Å². The van der Waals surface area contributed by atoms with E-state index in [1.54, 1.807) is 0 Å². The van der Waals surface area contributed by atoms with E-state index < -0.39 is 0 Å². The van der Waals surface area contributed by atoms with Crippen molar-refractivity contribution in [3.63, 3.8) is 0 Å². The van der Waals surface area contributed by atoms with Gasteiger partial charge in [0.25, 0.3) is 0 Å². The van der Waals surface area contributed by atoms with Gasteiger partial charge in [0.05, 0.1) is 0 Å². The molecule has 0 atom stereocenters. The molecule has 0 aliphatic rings. The highest BCUT2D eigenvalue weighted by Crippen LogP contribution is 2.07. The molecule has 0 spiro atoms. The number of benzene rings is 1. The van der Waals surface area contributed by atoms with E-state index >= 15 is 0 Å². The van der Waals surface area contributed by atoms with Crippen LogP contribution in [0.5, 0.6) is 0 Å². The lowest BCUT2D eigenvalue weighted by molar-refractivity contribution is -0.146. The van der Waals surface area contributed by atoms with Gasteiger partial charge in [0.1, 0.15) is 6.10 Å². The molecule has 0 bridgehead atoms. The minimum absolute atomic E-state index is 0.127. The molecular weight excluding hydrogens is 324 g/mol. The van der Waals surface area contributed by atoms with Gasteiger partial charge < -0.3 is 15.9 Å². The molecule has 0 amide bonds. The van der Waals surface area contributed by atoms with Crippen LogP contribution in [-0.4, -0.2) is 25.3 Å². The van der Waals surface area contributed by atoms with Crippen LogP contribution in [0.1, 0.15) is 77.8 Å². The van der Waals surface area contributed by atoms with Crippen molar-refractivity contribution in [3.8, 4) is 0 Å². The third-order valence-corrected chi connectivity index (χ3v) is 3.43. The summed E-state index contributed by atoms with van der Waals surface area (Å²) in [4.78, 5) is 10.3. The Labute approximate surface area is 162 Å². The third-order valence-electron chi connectivity index (χ3n) is 3.43. The highest BCUT2D eigenvalue weighted by Gasteiger charge is 2.04. The molecule has 0 saturated heterocycles. The second-order valence-corrected chi connectivity index (χ2v) is 5.90. The quantitative estimate of drug-likeness (QED) is 0.369. The van der Waals surface area contributed by atoms with Gasteiger partial charge in [0.15, 0.2) is 0 Å². The van der Waals surface area contributed by atoms with Gasteiger partial charge in [0.2, 0.25) is 0 Å². The Hall–Kier alpha value is -1.68. The summed E-state index contributed by atoms with van der Waals surface area (Å²) < 4.78 is 4.91. The highest BCUT2D eigenvalue weighted by molar-refractivity contribution is 5.66. The molecule has 1 aromatic carbocycles. The van der Waals surface area contributed by atoms with Gasteiger partial charge in [-0.2, -0.15) is 0 Å². The van der Waals surface area contributed by atoms with Gasteiger partial charge in [-0.25, -0.2) is 0 Å². The first kappa shape index (κ1) is 29.1. The van der Waals surface area contributed by atoms with Gasteiger partial charge in [-0.1, -0.05) is 70.4 Å². The van der Waals surface area contributed by atoms with E-state index in [1.165, 1.54) is 43.7 Å². The first-order valence-electron chi connectivity index (χ1n) is 9.73. The van der Waals surface area contributed by atoms with E-state index in [-0.39, 0.29) is 12.1 Å². The standard InChI is InChI=1S/C12H18.C7H14O2.C2H7N.CH3N/c1-3-4-5-6-12-9-7-11(2)8-10-12;1-4-7(5-2)9-6(3)8;1-2-3;1-2/h7-10H,3-6H2,1-2H3;7H,4-5H2,1-3H3;2-3H2,1H3;2H,1H2. The topological polar surface area (TPSA) is 76.2 Å². The summed E-state index contributed by atoms with van der Waals surface area (Å²) in [7, 11) is 0. The Bertz CT molecular complexity index is 401. The molecule has 0 aromatic heterocycles. The van der Waals surface area contributed by atoms with Crippen LogP contribution in [0, 0.1) is 12.3 Å². The van der Waals surface area contributed by atoms with Crippen LogP contribution in [0.15, 0.2) is 24.3 Å². The molecule has 0 aliphatic carbocycles. The molecule has 3 N–H and O–H groups in total. The van der Waals surface area contributed by atoms with Crippen molar-refractivity contribution in [1.29, 1.82) is 5.41 Å². The lowest BCUT2D eigenvalue weighted by Crippen LogP contribution is -2.13. The predicted molar refractivity (Wildman–Crippen MR) is 115 cm³/mol. The molecule has 0 aliphatic heterocycles. The van der Waals surface area contributed by atoms with Crippen LogP contribution in [-0.2, 0) is 16.0 Å². The van der Waals surface area contributed by atoms with Crippen molar-refractivity contribution in [1.82, 2.24) is 0 Å². The minimum atomic E-state index is -0.177. The summed E-state index contributed by atoms with van der Waals surface area (Å²) in [6.45, 7) is 15.0. The Kier molecular flexibility index (Phi) is 26.1. The first-order chi connectivity index (χ1) is 12.4. The van der Waals surface area contributed by atoms with Gasteiger partial charge in [0, 0.05) is 6.92 Å². The fourth-order valence-electron chi connectivity index (χ4n) is 2.02. The number of hydrogen-bond acceptors (Lipinski definition) is 4. The van der Waals surface area contributed by atoms with E-state index in [2.05, 4.69) is 44.8 Å². The molecule has 1 rings (SSSR count). The molecule has 0 unspecified atom stereocenters. The molecule has 0 fully saturated rings. The summed E-state index contributed by atoms with van der Waals surface area (Å²) >= 11 is 0. The SMILES string of the molecule is C=N.CCC(CC)OC(C)=O.CCCCCc1ccc(C)cc1.CCN. The first-order valence-corrected chi connectivity index (χ1v) is 9.73. The molecular formula is C22H42N2O2. The molecule has 0 heterocycles. The summed E-state index contributed by atoms with van der Waals surface area (Å²) in [5.41, 5.74) is 7.68. The lowest BCUT2D eigenvalue weighted by atomic mass is 10.1. The molecule has 4 nitrogen and oxygen atoms in total. The van der Waals surface area contributed by atoms with Crippen molar-refractivity contribution < 1.29 is 9.53 Å². The zero-order valence-electron chi connectivity index (χ0n) is 17.9. The number of carbonyl (C=O) groups excluding carboxylic acids is 1. The van der Waals surface area contributed by atoms with Gasteiger partial charge in [-0.05, 0) is 51.4 Å². The zero-order chi connectivity index (χ0) is 20.8. The number of unbranched alkanes of at least 4 members (excludes halogenated alkanes) is 2. The molecule has 26 heavy (non-hydrogen) atoms. The Balaban J connectivity index is -0.000000335. The van der Waals surface area contributed by atoms with Crippen molar-refractivity contribution >= 4 is 12.7 Å². The molecule has 1 aromatic rings. The summed E-state index contributed by atoms with van der Waals surface area (Å²) in [5, 5.41) is 5.50. The van der Waals surface area contributed by atoms with Crippen molar-refractivity contribution in [2.24, 2.45) is 5.73 Å². The van der Waals surface area contributed by atoms with Crippen LogP contribution < -0.4 is 5.73 Å². The zero-order valence-corrected chi connectivity index (χ0v) is 17.9. The fourth-order valence-corrected chi connectivity index (χ4v) is 2.02. The Morgan fingerprint density at radius 3 is 1.85 bits per heavy atom. The van der Waals surface area contributed by atoms with Crippen LogP contribution in [0.2, 0.25) is 0 Å². The van der Waals surface area contributed by atoms with Crippen LogP contribution in [0.25, 0.3) is 0 Å². The van der Waals surface area contributed by atoms with Crippen LogP contribution >= 0.6 is 0 Å². The van der Waals surface area contributed by atoms with E-state index in [4.69, 9.17) is 15.9 Å². The maximum absolute atomic E-state index is 10.3. The maximum atomic E-state index is 10.3. The number of rotatable bonds is 7. The number of hydrogen-bond donors (Lipinski definition) is 2. The Morgan fingerprint density at radius 1 is 1.08 bits per heavy atom. The van der Waals surface area contributed by atoms with Crippen molar-refractivity contribution in [3.05, 3.63) is 35.4 Å². The van der Waals surface area contributed by atoms with E-state index in [9.17, 15) is 4.79 Å². The number of aryl methyl sites for hydroxylation is 2. The van der Waals surface area contributed by atoms with E-state index in [1.807, 2.05) is 20.8 Å². The minimum Gasteiger partial charge on any atom is -0.463 e. The van der Waals surface area contributed by atoms with E-state index in [0.717, 1.165) is 19.4 Å². The summed E-state index contributed by atoms with van der Waals surface area (Å²) in [5.74, 6) is -0.177. The average molecular weight is 367 g/mol. The highest BCUT2D eigenvalue weighted by atomic mass is 16.5. The van der Waals surface area contributed by atoms with Crippen LogP contribution in [0.3, 0.4) is 0 Å². The van der Waals surface area contributed by atoms with Crippen LogP contribution in [0.4, 0.5) is 0 Å². The summed E-state index contributed by atoms with van der Waals surface area (Å²) in [6, 6.07) is 8.87. The van der Waals surface area contributed by atoms with Gasteiger partial charge in [-0.3, -0.25) is 4.79 Å². The lowest BCUT2D eigenvalue weighted by Gasteiger charge is -2.11. The normalized spacial score (nSPS) is 8.92. The molecule has 4 heteroatoms. The summed E-state index contributed by atoms with van der Waals surface area (Å²) in [6.07, 6.45) is 7.20. The number of nitrogens with two attached hydrogens (primary N) is 1. The van der Waals surface area contributed by atoms with Crippen molar-refractivity contribution in [2.45, 2.75) is 86.2 Å². The molecule has 0 radical (unpaired) electrons. The molecule has 0 saturated carbocycles. The second kappa shape index (κ2) is 23.3. The average Bonchev–Trinajstić information content (AvgIpc) is 2.64. The predicted octanol–water partition coefficient (Wildman–Crippen LogP) is 5.70. The van der Waals surface area contributed by atoms with E-state index in [0.29, 0.717) is 0 Å². The number of carbonyl (C=O) groups is 1. The number of esters is 1. The smallest absolute Gasteiger partial charge is 0.302 e.